The molecule has 16 heavy (non-hydrogen) atoms. The SMILES string of the molecule is CCC(CCCl)CNc1nc[nH]c(=O)c1Cl. The largest absolute Gasteiger partial charge is 0.368 e. The van der Waals surface area contributed by atoms with Crippen LogP contribution in [0.15, 0.2) is 11.1 Å². The second kappa shape index (κ2) is 6.76. The predicted molar refractivity (Wildman–Crippen MR) is 67.5 cm³/mol. The van der Waals surface area contributed by atoms with Crippen molar-refractivity contribution in [3.05, 3.63) is 21.7 Å². The van der Waals surface area contributed by atoms with Gasteiger partial charge in [-0.2, -0.15) is 0 Å². The molecule has 4 nitrogen and oxygen atoms in total. The second-order valence-electron chi connectivity index (χ2n) is 3.53. The summed E-state index contributed by atoms with van der Waals surface area (Å²) < 4.78 is 0. The van der Waals surface area contributed by atoms with Gasteiger partial charge in [-0.15, -0.1) is 11.6 Å². The van der Waals surface area contributed by atoms with Crippen LogP contribution in [-0.4, -0.2) is 22.4 Å². The number of hydrogen-bond donors (Lipinski definition) is 2. The Labute approximate surface area is 104 Å². The van der Waals surface area contributed by atoms with E-state index in [1.807, 2.05) is 0 Å². The molecule has 0 radical (unpaired) electrons. The summed E-state index contributed by atoms with van der Waals surface area (Å²) in [7, 11) is 0. The molecular weight excluding hydrogens is 249 g/mol. The lowest BCUT2D eigenvalue weighted by atomic mass is 10.0. The first-order valence-corrected chi connectivity index (χ1v) is 6.13. The van der Waals surface area contributed by atoms with Crippen molar-refractivity contribution in [1.29, 1.82) is 0 Å². The summed E-state index contributed by atoms with van der Waals surface area (Å²) in [5.41, 5.74) is -0.329. The first-order chi connectivity index (χ1) is 7.69. The molecule has 0 saturated heterocycles. The number of hydrogen-bond acceptors (Lipinski definition) is 3. The zero-order valence-corrected chi connectivity index (χ0v) is 10.6. The van der Waals surface area contributed by atoms with Crippen LogP contribution < -0.4 is 10.9 Å². The third-order valence-corrected chi connectivity index (χ3v) is 3.02. The van der Waals surface area contributed by atoms with Crippen LogP contribution in [0.5, 0.6) is 0 Å². The monoisotopic (exact) mass is 263 g/mol. The molecule has 0 spiro atoms. The highest BCUT2D eigenvalue weighted by Gasteiger charge is 2.09. The number of rotatable bonds is 6. The Morgan fingerprint density at radius 2 is 2.38 bits per heavy atom. The molecule has 1 unspecified atom stereocenters. The van der Waals surface area contributed by atoms with E-state index in [1.165, 1.54) is 6.33 Å². The van der Waals surface area contributed by atoms with Gasteiger partial charge in [0.05, 0.1) is 6.33 Å². The van der Waals surface area contributed by atoms with Gasteiger partial charge >= 0.3 is 0 Å². The predicted octanol–water partition coefficient (Wildman–Crippen LogP) is 2.49. The fourth-order valence-electron chi connectivity index (χ4n) is 1.35. The van der Waals surface area contributed by atoms with Gasteiger partial charge in [-0.25, -0.2) is 4.98 Å². The summed E-state index contributed by atoms with van der Waals surface area (Å²) in [6, 6.07) is 0. The van der Waals surface area contributed by atoms with E-state index in [2.05, 4.69) is 22.2 Å². The number of aromatic nitrogens is 2. The molecule has 0 aliphatic carbocycles. The maximum Gasteiger partial charge on any atom is 0.271 e. The highest BCUT2D eigenvalue weighted by atomic mass is 35.5. The Balaban J connectivity index is 2.60. The van der Waals surface area contributed by atoms with E-state index in [0.29, 0.717) is 17.6 Å². The number of halogens is 2. The van der Waals surface area contributed by atoms with Crippen LogP contribution in [0, 0.1) is 5.92 Å². The van der Waals surface area contributed by atoms with Crippen molar-refractivity contribution in [1.82, 2.24) is 9.97 Å². The lowest BCUT2D eigenvalue weighted by Gasteiger charge is -2.14. The number of alkyl halides is 1. The van der Waals surface area contributed by atoms with E-state index >= 15 is 0 Å². The van der Waals surface area contributed by atoms with Gasteiger partial charge < -0.3 is 10.3 Å². The molecule has 0 saturated carbocycles. The number of anilines is 1. The molecule has 1 atom stereocenters. The van der Waals surface area contributed by atoms with E-state index in [0.717, 1.165) is 19.4 Å². The van der Waals surface area contributed by atoms with Crippen LogP contribution >= 0.6 is 23.2 Å². The normalized spacial score (nSPS) is 12.4. The zero-order valence-electron chi connectivity index (χ0n) is 9.09. The lowest BCUT2D eigenvalue weighted by molar-refractivity contribution is 0.521. The third-order valence-electron chi connectivity index (χ3n) is 2.45. The summed E-state index contributed by atoms with van der Waals surface area (Å²) in [4.78, 5) is 17.6. The van der Waals surface area contributed by atoms with Crippen LogP contribution in [0.25, 0.3) is 0 Å². The average Bonchev–Trinajstić information content (AvgIpc) is 2.29. The minimum atomic E-state index is -0.329. The van der Waals surface area contributed by atoms with Crippen LogP contribution in [0.2, 0.25) is 5.02 Å². The molecule has 90 valence electrons. The van der Waals surface area contributed by atoms with Crippen LogP contribution in [0.1, 0.15) is 19.8 Å². The fraction of sp³-hybridized carbons (Fsp3) is 0.600. The first-order valence-electron chi connectivity index (χ1n) is 5.22. The van der Waals surface area contributed by atoms with Gasteiger partial charge in [-0.1, -0.05) is 24.9 Å². The van der Waals surface area contributed by atoms with Gasteiger partial charge in [0.15, 0.2) is 5.82 Å². The molecular formula is C10H15Cl2N3O. The molecule has 0 amide bonds. The molecule has 6 heteroatoms. The fourth-order valence-corrected chi connectivity index (χ4v) is 1.83. The minimum absolute atomic E-state index is 0.100. The van der Waals surface area contributed by atoms with E-state index in [-0.39, 0.29) is 10.6 Å². The molecule has 0 aliphatic heterocycles. The Kier molecular flexibility index (Phi) is 5.63. The summed E-state index contributed by atoms with van der Waals surface area (Å²) in [5.74, 6) is 1.53. The van der Waals surface area contributed by atoms with Gasteiger partial charge in [0.1, 0.15) is 5.02 Å². The highest BCUT2D eigenvalue weighted by molar-refractivity contribution is 6.32. The minimum Gasteiger partial charge on any atom is -0.368 e. The van der Waals surface area contributed by atoms with Crippen molar-refractivity contribution in [3.63, 3.8) is 0 Å². The second-order valence-corrected chi connectivity index (χ2v) is 4.28. The van der Waals surface area contributed by atoms with Crippen molar-refractivity contribution in [2.24, 2.45) is 5.92 Å². The Bertz CT molecular complexity index is 381. The van der Waals surface area contributed by atoms with Crippen molar-refractivity contribution in [3.8, 4) is 0 Å². The van der Waals surface area contributed by atoms with Crippen molar-refractivity contribution in [2.75, 3.05) is 17.7 Å². The van der Waals surface area contributed by atoms with Crippen molar-refractivity contribution in [2.45, 2.75) is 19.8 Å². The van der Waals surface area contributed by atoms with Crippen LogP contribution in [-0.2, 0) is 0 Å². The van der Waals surface area contributed by atoms with Crippen LogP contribution in [0.4, 0.5) is 5.82 Å². The molecule has 1 aromatic rings. The molecule has 0 aromatic carbocycles. The van der Waals surface area contributed by atoms with E-state index in [4.69, 9.17) is 23.2 Å². The third kappa shape index (κ3) is 3.68. The van der Waals surface area contributed by atoms with Gasteiger partial charge in [-0.05, 0) is 12.3 Å². The number of H-pyrrole nitrogens is 1. The topological polar surface area (TPSA) is 57.8 Å². The molecule has 0 aliphatic rings. The van der Waals surface area contributed by atoms with Gasteiger partial charge in [0.2, 0.25) is 0 Å². The quantitative estimate of drug-likeness (QED) is 0.776. The van der Waals surface area contributed by atoms with Gasteiger partial charge in [-0.3, -0.25) is 4.79 Å². The Morgan fingerprint density at radius 3 is 3.00 bits per heavy atom. The summed E-state index contributed by atoms with van der Waals surface area (Å²) in [6.07, 6.45) is 3.30. The van der Waals surface area contributed by atoms with Crippen molar-refractivity contribution < 1.29 is 0 Å². The summed E-state index contributed by atoms with van der Waals surface area (Å²) in [5, 5.41) is 3.17. The highest BCUT2D eigenvalue weighted by Crippen LogP contribution is 2.15. The van der Waals surface area contributed by atoms with Crippen molar-refractivity contribution >= 4 is 29.0 Å². The van der Waals surface area contributed by atoms with Crippen LogP contribution in [0.3, 0.4) is 0 Å². The van der Waals surface area contributed by atoms with Gasteiger partial charge in [0.25, 0.3) is 5.56 Å². The smallest absolute Gasteiger partial charge is 0.271 e. The maximum absolute atomic E-state index is 11.2. The lowest BCUT2D eigenvalue weighted by Crippen LogP contribution is -2.18. The molecule has 0 bridgehead atoms. The standard InChI is InChI=1S/C10H15Cl2N3O/c1-2-7(3-4-11)5-13-9-8(12)10(16)15-6-14-9/h6-7H,2-5H2,1H3,(H2,13,14,15,16). The van der Waals surface area contributed by atoms with E-state index < -0.39 is 0 Å². The summed E-state index contributed by atoms with van der Waals surface area (Å²) >= 11 is 11.5. The number of nitrogens with zero attached hydrogens (tertiary/aromatic N) is 1. The Hall–Kier alpha value is -0.740. The molecule has 1 aromatic heterocycles. The molecule has 0 fully saturated rings. The summed E-state index contributed by atoms with van der Waals surface area (Å²) in [6.45, 7) is 2.82. The molecule has 2 N–H and O–H groups in total. The first kappa shape index (κ1) is 13.3. The molecule has 1 rings (SSSR count). The number of nitrogens with one attached hydrogen (secondary N) is 2. The van der Waals surface area contributed by atoms with E-state index in [1.54, 1.807) is 0 Å². The number of aromatic amines is 1. The maximum atomic E-state index is 11.2. The average molecular weight is 264 g/mol. The van der Waals surface area contributed by atoms with Gasteiger partial charge in [0, 0.05) is 12.4 Å². The Morgan fingerprint density at radius 1 is 1.62 bits per heavy atom. The van der Waals surface area contributed by atoms with E-state index in [9.17, 15) is 4.79 Å². The molecule has 1 heterocycles. The zero-order chi connectivity index (χ0) is 12.0.